The summed E-state index contributed by atoms with van der Waals surface area (Å²) < 4.78 is 10.7. The summed E-state index contributed by atoms with van der Waals surface area (Å²) in [7, 11) is 1.62. The van der Waals surface area contributed by atoms with E-state index in [0.29, 0.717) is 18.8 Å². The van der Waals surface area contributed by atoms with E-state index in [1.165, 1.54) is 0 Å². The van der Waals surface area contributed by atoms with Crippen LogP contribution in [0.5, 0.6) is 5.75 Å². The first kappa shape index (κ1) is 17.4. The summed E-state index contributed by atoms with van der Waals surface area (Å²) >= 11 is 1.64. The van der Waals surface area contributed by atoms with Crippen molar-refractivity contribution in [3.05, 3.63) is 53.6 Å². The van der Waals surface area contributed by atoms with E-state index in [2.05, 4.69) is 5.32 Å². The second-order valence-electron chi connectivity index (χ2n) is 4.87. The van der Waals surface area contributed by atoms with Gasteiger partial charge in [-0.3, -0.25) is 4.79 Å². The van der Waals surface area contributed by atoms with E-state index in [9.17, 15) is 4.79 Å². The van der Waals surface area contributed by atoms with Gasteiger partial charge >= 0.3 is 0 Å². The molecule has 4 nitrogen and oxygen atoms in total. The summed E-state index contributed by atoms with van der Waals surface area (Å²) in [5, 5.41) is 2.92. The van der Waals surface area contributed by atoms with Crippen LogP contribution in [0.15, 0.2) is 47.4 Å². The van der Waals surface area contributed by atoms with Crippen molar-refractivity contribution < 1.29 is 14.3 Å². The number of hydrogen-bond donors (Lipinski definition) is 1. The average Bonchev–Trinajstić information content (AvgIpc) is 2.57. The lowest BCUT2D eigenvalue weighted by Crippen LogP contribution is -2.12. The monoisotopic (exact) mass is 331 g/mol. The van der Waals surface area contributed by atoms with Crippen LogP contribution in [-0.4, -0.2) is 25.9 Å². The van der Waals surface area contributed by atoms with Crippen molar-refractivity contribution in [3.63, 3.8) is 0 Å². The normalized spacial score (nSPS) is 10.4. The number of ether oxygens (including phenoxy) is 2. The second-order valence-corrected chi connectivity index (χ2v) is 5.75. The topological polar surface area (TPSA) is 47.6 Å². The van der Waals surface area contributed by atoms with E-state index in [1.54, 1.807) is 24.9 Å². The number of methoxy groups -OCH3 is 1. The fourth-order valence-electron chi connectivity index (χ4n) is 2.19. The number of carbonyl (C=O) groups is 1. The Bertz CT molecular complexity index is 673. The zero-order valence-electron chi connectivity index (χ0n) is 13.6. The third-order valence-electron chi connectivity index (χ3n) is 3.25. The first-order valence-corrected chi connectivity index (χ1v) is 8.60. The van der Waals surface area contributed by atoms with E-state index >= 15 is 0 Å². The van der Waals surface area contributed by atoms with E-state index in [-0.39, 0.29) is 5.91 Å². The molecule has 0 unspecified atom stereocenters. The van der Waals surface area contributed by atoms with Crippen LogP contribution in [0, 0.1) is 0 Å². The molecule has 0 atom stereocenters. The molecule has 0 saturated heterocycles. The van der Waals surface area contributed by atoms with Crippen molar-refractivity contribution in [1.29, 1.82) is 0 Å². The van der Waals surface area contributed by atoms with E-state index < -0.39 is 0 Å². The van der Waals surface area contributed by atoms with Crippen molar-refractivity contribution in [1.82, 2.24) is 0 Å². The molecule has 5 heteroatoms. The molecule has 2 aromatic carbocycles. The van der Waals surface area contributed by atoms with Crippen molar-refractivity contribution in [2.75, 3.05) is 25.3 Å². The SMILES string of the molecule is CCOc1ccc(C(=O)Nc2cccc(SC)c2)cc1COC. The highest BCUT2D eigenvalue weighted by Gasteiger charge is 2.11. The molecule has 0 spiro atoms. The second kappa shape index (κ2) is 8.60. The molecule has 2 aromatic rings. The lowest BCUT2D eigenvalue weighted by atomic mass is 10.1. The summed E-state index contributed by atoms with van der Waals surface area (Å²) in [5.41, 5.74) is 2.22. The largest absolute Gasteiger partial charge is 0.494 e. The third kappa shape index (κ3) is 4.74. The predicted octanol–water partition coefficient (Wildman–Crippen LogP) is 4.21. The Hall–Kier alpha value is -1.98. The van der Waals surface area contributed by atoms with Gasteiger partial charge < -0.3 is 14.8 Å². The van der Waals surface area contributed by atoms with Crippen molar-refractivity contribution in [2.45, 2.75) is 18.4 Å². The number of amides is 1. The Kier molecular flexibility index (Phi) is 6.50. The molecule has 23 heavy (non-hydrogen) atoms. The first-order valence-electron chi connectivity index (χ1n) is 7.38. The molecule has 2 rings (SSSR count). The quantitative estimate of drug-likeness (QED) is 0.772. The Morgan fingerprint density at radius 1 is 1.22 bits per heavy atom. The smallest absolute Gasteiger partial charge is 0.255 e. The standard InChI is InChI=1S/C18H21NO3S/c1-4-22-17-9-8-13(10-14(17)12-21-2)18(20)19-15-6-5-7-16(11-15)23-3/h5-11H,4,12H2,1-3H3,(H,19,20). The molecule has 0 bridgehead atoms. The number of rotatable bonds is 7. The van der Waals surface area contributed by atoms with Gasteiger partial charge in [-0.05, 0) is 49.6 Å². The fourth-order valence-corrected chi connectivity index (χ4v) is 2.65. The maximum absolute atomic E-state index is 12.4. The van der Waals surface area contributed by atoms with Crippen LogP contribution in [0.25, 0.3) is 0 Å². The maximum Gasteiger partial charge on any atom is 0.255 e. The Morgan fingerprint density at radius 3 is 2.74 bits per heavy atom. The van der Waals surface area contributed by atoms with Crippen LogP contribution in [0.3, 0.4) is 0 Å². The highest BCUT2D eigenvalue weighted by Crippen LogP contribution is 2.23. The van der Waals surface area contributed by atoms with Crippen LogP contribution in [0.1, 0.15) is 22.8 Å². The van der Waals surface area contributed by atoms with Gasteiger partial charge in [0.25, 0.3) is 5.91 Å². The molecule has 0 aliphatic rings. The fraction of sp³-hybridized carbons (Fsp3) is 0.278. The number of benzene rings is 2. The Labute approximate surface area is 141 Å². The minimum Gasteiger partial charge on any atom is -0.494 e. The van der Waals surface area contributed by atoms with Gasteiger partial charge in [-0.25, -0.2) is 0 Å². The molecular formula is C18H21NO3S. The van der Waals surface area contributed by atoms with Gasteiger partial charge in [-0.1, -0.05) is 6.07 Å². The number of anilines is 1. The first-order chi connectivity index (χ1) is 11.2. The van der Waals surface area contributed by atoms with Crippen LogP contribution in [0.2, 0.25) is 0 Å². The number of thioether (sulfide) groups is 1. The summed E-state index contributed by atoms with van der Waals surface area (Å²) in [4.78, 5) is 13.5. The van der Waals surface area contributed by atoms with E-state index in [4.69, 9.17) is 9.47 Å². The number of nitrogens with one attached hydrogen (secondary N) is 1. The zero-order valence-corrected chi connectivity index (χ0v) is 14.4. The van der Waals surface area contributed by atoms with Gasteiger partial charge in [0.05, 0.1) is 13.2 Å². The summed E-state index contributed by atoms with van der Waals surface area (Å²) in [6.07, 6.45) is 2.00. The summed E-state index contributed by atoms with van der Waals surface area (Å²) in [5.74, 6) is 0.596. The lowest BCUT2D eigenvalue weighted by molar-refractivity contribution is 0.102. The average molecular weight is 331 g/mol. The van der Waals surface area contributed by atoms with E-state index in [1.807, 2.05) is 49.6 Å². The van der Waals surface area contributed by atoms with Gasteiger partial charge in [0.2, 0.25) is 0 Å². The molecule has 0 saturated carbocycles. The minimum absolute atomic E-state index is 0.149. The molecule has 1 N–H and O–H groups in total. The van der Waals surface area contributed by atoms with Crippen LogP contribution in [0.4, 0.5) is 5.69 Å². The van der Waals surface area contributed by atoms with Gasteiger partial charge in [0, 0.05) is 28.8 Å². The Morgan fingerprint density at radius 2 is 2.04 bits per heavy atom. The molecule has 122 valence electrons. The van der Waals surface area contributed by atoms with Gasteiger partial charge in [0.1, 0.15) is 5.75 Å². The van der Waals surface area contributed by atoms with Crippen molar-refractivity contribution >= 4 is 23.4 Å². The third-order valence-corrected chi connectivity index (χ3v) is 3.98. The lowest BCUT2D eigenvalue weighted by Gasteiger charge is -2.12. The predicted molar refractivity (Wildman–Crippen MR) is 94.5 cm³/mol. The van der Waals surface area contributed by atoms with Crippen LogP contribution in [-0.2, 0) is 11.3 Å². The van der Waals surface area contributed by atoms with Gasteiger partial charge in [-0.15, -0.1) is 11.8 Å². The number of carbonyl (C=O) groups excluding carboxylic acids is 1. The zero-order chi connectivity index (χ0) is 16.7. The number of hydrogen-bond acceptors (Lipinski definition) is 4. The maximum atomic E-state index is 12.4. The molecular weight excluding hydrogens is 310 g/mol. The minimum atomic E-state index is -0.149. The molecule has 0 aliphatic carbocycles. The highest BCUT2D eigenvalue weighted by molar-refractivity contribution is 7.98. The van der Waals surface area contributed by atoms with Crippen molar-refractivity contribution in [3.8, 4) is 5.75 Å². The van der Waals surface area contributed by atoms with Gasteiger partial charge in [0.15, 0.2) is 0 Å². The van der Waals surface area contributed by atoms with Crippen molar-refractivity contribution in [2.24, 2.45) is 0 Å². The summed E-state index contributed by atoms with van der Waals surface area (Å²) in [6, 6.07) is 13.1. The molecule has 0 aliphatic heterocycles. The highest BCUT2D eigenvalue weighted by atomic mass is 32.2. The van der Waals surface area contributed by atoms with Gasteiger partial charge in [-0.2, -0.15) is 0 Å². The van der Waals surface area contributed by atoms with Crippen LogP contribution < -0.4 is 10.1 Å². The Balaban J connectivity index is 2.19. The van der Waals surface area contributed by atoms with Crippen LogP contribution >= 0.6 is 11.8 Å². The molecule has 0 heterocycles. The molecule has 1 amide bonds. The van der Waals surface area contributed by atoms with E-state index in [0.717, 1.165) is 21.9 Å². The summed E-state index contributed by atoms with van der Waals surface area (Å²) in [6.45, 7) is 2.90. The molecule has 0 radical (unpaired) electrons. The molecule has 0 aromatic heterocycles. The molecule has 0 fully saturated rings.